The first-order valence-corrected chi connectivity index (χ1v) is 8.53. The summed E-state index contributed by atoms with van der Waals surface area (Å²) in [5, 5.41) is 5.40. The second-order valence-corrected chi connectivity index (χ2v) is 6.36. The van der Waals surface area contributed by atoms with Gasteiger partial charge in [0.15, 0.2) is 0 Å². The number of pyridine rings is 2. The summed E-state index contributed by atoms with van der Waals surface area (Å²) in [6.45, 7) is 0. The normalized spacial score (nSPS) is 10.7. The summed E-state index contributed by atoms with van der Waals surface area (Å²) < 4.78 is 0. The van der Waals surface area contributed by atoms with Crippen LogP contribution in [0.15, 0.2) is 71.0 Å². The van der Waals surface area contributed by atoms with E-state index < -0.39 is 0 Å². The Morgan fingerprint density at radius 1 is 1.08 bits per heavy atom. The highest BCUT2D eigenvalue weighted by molar-refractivity contribution is 7.13. The van der Waals surface area contributed by atoms with Crippen LogP contribution in [-0.4, -0.2) is 15.9 Å². The number of nitrogens with one attached hydrogen (secondary N) is 2. The molecule has 122 valence electrons. The summed E-state index contributed by atoms with van der Waals surface area (Å²) in [6, 6.07) is 16.4. The molecule has 5 nitrogen and oxygen atoms in total. The van der Waals surface area contributed by atoms with E-state index >= 15 is 0 Å². The molecule has 0 atom stereocenters. The van der Waals surface area contributed by atoms with Crippen LogP contribution in [0.5, 0.6) is 0 Å². The SMILES string of the molecule is O=C(Nc1ccc[nH]c1=O)c1cc(-c2cccs2)nc2ccccc12. The average molecular weight is 347 g/mol. The number of aromatic amines is 1. The van der Waals surface area contributed by atoms with Crippen molar-refractivity contribution in [1.82, 2.24) is 9.97 Å². The van der Waals surface area contributed by atoms with E-state index in [-0.39, 0.29) is 17.2 Å². The topological polar surface area (TPSA) is 74.8 Å². The number of fused-ring (bicyclic) bond motifs is 1. The van der Waals surface area contributed by atoms with Crippen LogP contribution >= 0.6 is 11.3 Å². The Balaban J connectivity index is 1.84. The molecule has 4 aromatic rings. The van der Waals surface area contributed by atoms with Gasteiger partial charge in [0.25, 0.3) is 11.5 Å². The predicted octanol–water partition coefficient (Wildman–Crippen LogP) is 3.90. The lowest BCUT2D eigenvalue weighted by atomic mass is 10.1. The number of carbonyl (C=O) groups is 1. The summed E-state index contributed by atoms with van der Waals surface area (Å²) in [4.78, 5) is 32.8. The van der Waals surface area contributed by atoms with Gasteiger partial charge in [-0.25, -0.2) is 4.98 Å². The molecular weight excluding hydrogens is 334 g/mol. The number of aromatic nitrogens is 2. The highest BCUT2D eigenvalue weighted by atomic mass is 32.1. The fraction of sp³-hybridized carbons (Fsp3) is 0. The van der Waals surface area contributed by atoms with Crippen LogP contribution in [0, 0.1) is 0 Å². The van der Waals surface area contributed by atoms with Gasteiger partial charge < -0.3 is 10.3 Å². The maximum absolute atomic E-state index is 12.8. The number of nitrogens with zero attached hydrogens (tertiary/aromatic N) is 1. The first kappa shape index (κ1) is 15.3. The Morgan fingerprint density at radius 2 is 1.96 bits per heavy atom. The number of amides is 1. The molecule has 1 amide bonds. The molecule has 0 aliphatic heterocycles. The molecule has 4 rings (SSSR count). The molecule has 0 spiro atoms. The Kier molecular flexibility index (Phi) is 3.87. The zero-order valence-corrected chi connectivity index (χ0v) is 13.8. The molecule has 0 saturated heterocycles. The first-order chi connectivity index (χ1) is 12.2. The monoisotopic (exact) mass is 347 g/mol. The van der Waals surface area contributed by atoms with Crippen molar-refractivity contribution >= 4 is 33.8 Å². The number of rotatable bonds is 3. The number of H-pyrrole nitrogens is 1. The molecule has 0 aliphatic rings. The minimum Gasteiger partial charge on any atom is -0.327 e. The van der Waals surface area contributed by atoms with E-state index in [4.69, 9.17) is 0 Å². The number of carbonyl (C=O) groups excluding carboxylic acids is 1. The van der Waals surface area contributed by atoms with E-state index in [1.807, 2.05) is 41.8 Å². The predicted molar refractivity (Wildman–Crippen MR) is 100 cm³/mol. The molecule has 0 bridgehead atoms. The molecule has 3 heterocycles. The van der Waals surface area contributed by atoms with Crippen LogP contribution in [0.4, 0.5) is 5.69 Å². The first-order valence-electron chi connectivity index (χ1n) is 7.65. The fourth-order valence-electron chi connectivity index (χ4n) is 2.62. The van der Waals surface area contributed by atoms with E-state index in [9.17, 15) is 9.59 Å². The molecule has 2 N–H and O–H groups in total. The number of thiophene rings is 1. The molecule has 25 heavy (non-hydrogen) atoms. The van der Waals surface area contributed by atoms with E-state index in [1.165, 1.54) is 6.20 Å². The molecule has 0 aliphatic carbocycles. The Labute approximate surface area is 147 Å². The summed E-state index contributed by atoms with van der Waals surface area (Å²) >= 11 is 1.56. The third-order valence-electron chi connectivity index (χ3n) is 3.80. The second-order valence-electron chi connectivity index (χ2n) is 5.42. The lowest BCUT2D eigenvalue weighted by Crippen LogP contribution is -2.19. The van der Waals surface area contributed by atoms with Crippen molar-refractivity contribution in [3.63, 3.8) is 0 Å². The van der Waals surface area contributed by atoms with Crippen molar-refractivity contribution in [3.05, 3.63) is 82.1 Å². The molecule has 0 unspecified atom stereocenters. The summed E-state index contributed by atoms with van der Waals surface area (Å²) in [6.07, 6.45) is 1.52. The van der Waals surface area contributed by atoms with E-state index in [0.29, 0.717) is 5.56 Å². The van der Waals surface area contributed by atoms with E-state index in [0.717, 1.165) is 21.5 Å². The Bertz CT molecular complexity index is 1120. The van der Waals surface area contributed by atoms with Crippen molar-refractivity contribution in [2.24, 2.45) is 0 Å². The third-order valence-corrected chi connectivity index (χ3v) is 4.69. The third kappa shape index (κ3) is 2.95. The highest BCUT2D eigenvalue weighted by Crippen LogP contribution is 2.28. The van der Waals surface area contributed by atoms with Gasteiger partial charge in [-0.15, -0.1) is 11.3 Å². The molecule has 1 aromatic carbocycles. The van der Waals surface area contributed by atoms with Crippen LogP contribution in [-0.2, 0) is 0 Å². The van der Waals surface area contributed by atoms with Gasteiger partial charge in [-0.3, -0.25) is 9.59 Å². The zero-order chi connectivity index (χ0) is 17.2. The van der Waals surface area contributed by atoms with Gasteiger partial charge in [0.1, 0.15) is 5.69 Å². The minimum atomic E-state index is -0.340. The van der Waals surface area contributed by atoms with Gasteiger partial charge in [-0.1, -0.05) is 24.3 Å². The van der Waals surface area contributed by atoms with Gasteiger partial charge in [0, 0.05) is 11.6 Å². The van der Waals surface area contributed by atoms with Crippen molar-refractivity contribution in [3.8, 4) is 10.6 Å². The molecule has 3 aromatic heterocycles. The molecule has 0 fully saturated rings. The maximum atomic E-state index is 12.8. The highest BCUT2D eigenvalue weighted by Gasteiger charge is 2.15. The molecule has 0 radical (unpaired) electrons. The van der Waals surface area contributed by atoms with Gasteiger partial charge in [0.2, 0.25) is 0 Å². The van der Waals surface area contributed by atoms with Gasteiger partial charge >= 0.3 is 0 Å². The summed E-state index contributed by atoms with van der Waals surface area (Å²) in [5.41, 5.74) is 1.83. The molecular formula is C19H13N3O2S. The number of benzene rings is 1. The van der Waals surface area contributed by atoms with Crippen LogP contribution in [0.2, 0.25) is 0 Å². The van der Waals surface area contributed by atoms with Crippen molar-refractivity contribution in [1.29, 1.82) is 0 Å². The fourth-order valence-corrected chi connectivity index (χ4v) is 3.31. The number of para-hydroxylation sites is 1. The van der Waals surface area contributed by atoms with Crippen LogP contribution < -0.4 is 10.9 Å². The standard InChI is InChI=1S/C19H13N3O2S/c23-18(22-15-7-3-9-20-19(15)24)13-11-16(17-8-4-10-25-17)21-14-6-2-1-5-12(13)14/h1-11H,(H,20,24)(H,22,23). The lowest BCUT2D eigenvalue weighted by molar-refractivity contribution is 0.102. The van der Waals surface area contributed by atoms with Crippen LogP contribution in [0.3, 0.4) is 0 Å². The van der Waals surface area contributed by atoms with Gasteiger partial charge in [-0.2, -0.15) is 0 Å². The van der Waals surface area contributed by atoms with E-state index in [1.54, 1.807) is 29.5 Å². The van der Waals surface area contributed by atoms with E-state index in [2.05, 4.69) is 15.3 Å². The summed E-state index contributed by atoms with van der Waals surface area (Å²) in [5.74, 6) is -0.340. The van der Waals surface area contributed by atoms with Gasteiger partial charge in [-0.05, 0) is 35.7 Å². The Hall–Kier alpha value is -3.25. The Morgan fingerprint density at radius 3 is 2.76 bits per heavy atom. The van der Waals surface area contributed by atoms with Crippen molar-refractivity contribution < 1.29 is 4.79 Å². The second kappa shape index (κ2) is 6.33. The lowest BCUT2D eigenvalue weighted by Gasteiger charge is -2.09. The largest absolute Gasteiger partial charge is 0.327 e. The minimum absolute atomic E-state index is 0.214. The maximum Gasteiger partial charge on any atom is 0.271 e. The van der Waals surface area contributed by atoms with Gasteiger partial charge in [0.05, 0.1) is 21.7 Å². The van der Waals surface area contributed by atoms with Crippen LogP contribution in [0.25, 0.3) is 21.5 Å². The summed E-state index contributed by atoms with van der Waals surface area (Å²) in [7, 11) is 0. The number of hydrogen-bond acceptors (Lipinski definition) is 4. The van der Waals surface area contributed by atoms with Crippen molar-refractivity contribution in [2.45, 2.75) is 0 Å². The number of hydrogen-bond donors (Lipinski definition) is 2. The van der Waals surface area contributed by atoms with Crippen LogP contribution in [0.1, 0.15) is 10.4 Å². The zero-order valence-electron chi connectivity index (χ0n) is 13.0. The average Bonchev–Trinajstić information content (AvgIpc) is 3.17. The number of anilines is 1. The smallest absolute Gasteiger partial charge is 0.271 e. The van der Waals surface area contributed by atoms with Crippen molar-refractivity contribution in [2.75, 3.05) is 5.32 Å². The molecule has 0 saturated carbocycles. The molecule has 6 heteroatoms. The quantitative estimate of drug-likeness (QED) is 0.590.